The molecule has 0 aliphatic carbocycles. The van der Waals surface area contributed by atoms with E-state index in [9.17, 15) is 9.59 Å². The number of aliphatic carboxylic acids is 1. The molecule has 0 heterocycles. The first-order chi connectivity index (χ1) is 9.22. The van der Waals surface area contributed by atoms with E-state index in [1.165, 1.54) is 0 Å². The van der Waals surface area contributed by atoms with Gasteiger partial charge in [-0.05, 0) is 30.7 Å². The number of aliphatic hydroxyl groups is 1. The zero-order chi connectivity index (χ0) is 15.8. The fraction of sp³-hybridized carbons (Fsp3) is 0.857. The first-order valence-corrected chi connectivity index (χ1v) is 7.05. The van der Waals surface area contributed by atoms with Crippen LogP contribution in [0.2, 0.25) is 0 Å². The van der Waals surface area contributed by atoms with Crippen LogP contribution in [-0.4, -0.2) is 41.3 Å². The molecule has 0 aromatic heterocycles. The number of carboxylic acid groups (broad SMARTS) is 1. The number of nitrogens with one attached hydrogen (secondary N) is 1. The van der Waals surface area contributed by atoms with E-state index in [0.717, 1.165) is 6.42 Å². The molecule has 5 N–H and O–H groups in total. The molecule has 0 bridgehead atoms. The Morgan fingerprint density at radius 1 is 1.20 bits per heavy atom. The fourth-order valence-corrected chi connectivity index (χ4v) is 2.17. The van der Waals surface area contributed by atoms with Crippen molar-refractivity contribution in [1.29, 1.82) is 0 Å². The van der Waals surface area contributed by atoms with Crippen LogP contribution in [0, 0.1) is 11.3 Å². The molecule has 2 atom stereocenters. The quantitative estimate of drug-likeness (QED) is 0.499. The fourth-order valence-electron chi connectivity index (χ4n) is 2.17. The zero-order valence-electron chi connectivity index (χ0n) is 12.7. The van der Waals surface area contributed by atoms with Gasteiger partial charge in [0.25, 0.3) is 0 Å². The molecule has 0 fully saturated rings. The number of hydrogen-bond acceptors (Lipinski definition) is 4. The predicted molar refractivity (Wildman–Crippen MR) is 77.1 cm³/mol. The molecule has 0 aromatic carbocycles. The number of aliphatic hydroxyl groups excluding tert-OH is 1. The third kappa shape index (κ3) is 7.45. The monoisotopic (exact) mass is 288 g/mol. The Labute approximate surface area is 120 Å². The van der Waals surface area contributed by atoms with Crippen molar-refractivity contribution in [2.75, 3.05) is 13.2 Å². The first kappa shape index (κ1) is 18.9. The second-order valence-electron chi connectivity index (χ2n) is 6.15. The molecule has 118 valence electrons. The van der Waals surface area contributed by atoms with Crippen molar-refractivity contribution >= 4 is 11.9 Å². The van der Waals surface area contributed by atoms with Crippen molar-refractivity contribution in [3.8, 4) is 0 Å². The molecule has 0 radical (unpaired) electrons. The Bertz CT molecular complexity index is 313. The van der Waals surface area contributed by atoms with Crippen LogP contribution in [0.1, 0.15) is 46.5 Å². The number of nitrogens with two attached hydrogens (primary N) is 1. The van der Waals surface area contributed by atoms with Crippen molar-refractivity contribution in [3.63, 3.8) is 0 Å². The summed E-state index contributed by atoms with van der Waals surface area (Å²) >= 11 is 0. The Hall–Kier alpha value is -1.14. The molecular formula is C14H28N2O4. The molecular weight excluding hydrogens is 260 g/mol. The molecule has 2 unspecified atom stereocenters. The van der Waals surface area contributed by atoms with Gasteiger partial charge in [-0.2, -0.15) is 0 Å². The maximum atomic E-state index is 11.8. The SMILES string of the molecule is CC(C)(C)C(CCN)CCC(=O)NC(CCO)C(=O)O. The van der Waals surface area contributed by atoms with Crippen LogP contribution < -0.4 is 11.1 Å². The summed E-state index contributed by atoms with van der Waals surface area (Å²) in [6, 6.07) is -1.02. The number of carbonyl (C=O) groups is 2. The van der Waals surface area contributed by atoms with Crippen LogP contribution in [0.4, 0.5) is 0 Å². The molecule has 0 rings (SSSR count). The van der Waals surface area contributed by atoms with E-state index in [1.54, 1.807) is 0 Å². The number of rotatable bonds is 9. The lowest BCUT2D eigenvalue weighted by molar-refractivity contribution is -0.142. The normalized spacial score (nSPS) is 14.7. The summed E-state index contributed by atoms with van der Waals surface area (Å²) in [5, 5.41) is 20.1. The highest BCUT2D eigenvalue weighted by molar-refractivity contribution is 5.83. The van der Waals surface area contributed by atoms with E-state index in [1.807, 2.05) is 0 Å². The maximum Gasteiger partial charge on any atom is 0.326 e. The molecule has 0 saturated carbocycles. The molecule has 6 heteroatoms. The third-order valence-corrected chi connectivity index (χ3v) is 3.51. The largest absolute Gasteiger partial charge is 0.480 e. The highest BCUT2D eigenvalue weighted by Gasteiger charge is 2.25. The summed E-state index contributed by atoms with van der Waals surface area (Å²) in [6.45, 7) is 6.63. The molecule has 0 spiro atoms. The van der Waals surface area contributed by atoms with E-state index in [4.69, 9.17) is 15.9 Å². The Balaban J connectivity index is 4.34. The lowest BCUT2D eigenvalue weighted by Crippen LogP contribution is -2.41. The number of hydrogen-bond donors (Lipinski definition) is 4. The summed E-state index contributed by atoms with van der Waals surface area (Å²) in [4.78, 5) is 22.7. The van der Waals surface area contributed by atoms with E-state index in [-0.39, 0.29) is 30.8 Å². The van der Waals surface area contributed by atoms with Gasteiger partial charge in [0, 0.05) is 19.4 Å². The predicted octanol–water partition coefficient (Wildman–Crippen LogP) is 0.730. The van der Waals surface area contributed by atoms with E-state index in [2.05, 4.69) is 26.1 Å². The van der Waals surface area contributed by atoms with Crippen LogP contribution in [0.15, 0.2) is 0 Å². The van der Waals surface area contributed by atoms with Gasteiger partial charge in [-0.3, -0.25) is 4.79 Å². The van der Waals surface area contributed by atoms with Crippen molar-refractivity contribution < 1.29 is 19.8 Å². The topological polar surface area (TPSA) is 113 Å². The summed E-state index contributed by atoms with van der Waals surface area (Å²) in [5.74, 6) is -1.10. The van der Waals surface area contributed by atoms with E-state index < -0.39 is 12.0 Å². The minimum Gasteiger partial charge on any atom is -0.480 e. The Morgan fingerprint density at radius 2 is 1.80 bits per heavy atom. The van der Waals surface area contributed by atoms with Crippen LogP contribution in [0.5, 0.6) is 0 Å². The third-order valence-electron chi connectivity index (χ3n) is 3.51. The summed E-state index contributed by atoms with van der Waals surface area (Å²) in [6.07, 6.45) is 1.82. The Kier molecular flexibility index (Phi) is 8.41. The molecule has 0 aromatic rings. The van der Waals surface area contributed by atoms with E-state index in [0.29, 0.717) is 18.9 Å². The van der Waals surface area contributed by atoms with Gasteiger partial charge in [-0.25, -0.2) is 4.79 Å². The molecule has 0 aliphatic heterocycles. The lowest BCUT2D eigenvalue weighted by atomic mass is 9.76. The maximum absolute atomic E-state index is 11.8. The molecule has 6 nitrogen and oxygen atoms in total. The number of amides is 1. The van der Waals surface area contributed by atoms with Crippen molar-refractivity contribution in [1.82, 2.24) is 5.32 Å². The number of carbonyl (C=O) groups excluding carboxylic acids is 1. The van der Waals surface area contributed by atoms with Gasteiger partial charge in [-0.1, -0.05) is 20.8 Å². The first-order valence-electron chi connectivity index (χ1n) is 7.05. The van der Waals surface area contributed by atoms with E-state index >= 15 is 0 Å². The van der Waals surface area contributed by atoms with Crippen molar-refractivity contribution in [2.24, 2.45) is 17.1 Å². The zero-order valence-corrected chi connectivity index (χ0v) is 12.7. The summed E-state index contributed by atoms with van der Waals surface area (Å²) in [5.41, 5.74) is 5.65. The van der Waals surface area contributed by atoms with Crippen molar-refractivity contribution in [3.05, 3.63) is 0 Å². The van der Waals surface area contributed by atoms with Gasteiger partial charge in [0.05, 0.1) is 0 Å². The highest BCUT2D eigenvalue weighted by atomic mass is 16.4. The molecule has 1 amide bonds. The van der Waals surface area contributed by atoms with Gasteiger partial charge < -0.3 is 21.3 Å². The Morgan fingerprint density at radius 3 is 2.20 bits per heavy atom. The highest BCUT2D eigenvalue weighted by Crippen LogP contribution is 2.31. The van der Waals surface area contributed by atoms with Gasteiger partial charge in [0.1, 0.15) is 6.04 Å². The average Bonchev–Trinajstić information content (AvgIpc) is 2.32. The van der Waals surface area contributed by atoms with Crippen LogP contribution in [0.3, 0.4) is 0 Å². The summed E-state index contributed by atoms with van der Waals surface area (Å²) < 4.78 is 0. The molecule has 0 aliphatic rings. The summed E-state index contributed by atoms with van der Waals surface area (Å²) in [7, 11) is 0. The standard InChI is InChI=1S/C14H28N2O4/c1-14(2,3)10(6-8-15)4-5-12(18)16-11(7-9-17)13(19)20/h10-11,17H,4-9,15H2,1-3H3,(H,16,18)(H,19,20). The average molecular weight is 288 g/mol. The van der Waals surface area contributed by atoms with Gasteiger partial charge in [0.15, 0.2) is 0 Å². The second kappa shape index (κ2) is 8.92. The second-order valence-corrected chi connectivity index (χ2v) is 6.15. The van der Waals surface area contributed by atoms with Crippen LogP contribution >= 0.6 is 0 Å². The minimum atomic E-state index is -1.12. The van der Waals surface area contributed by atoms with Gasteiger partial charge in [-0.15, -0.1) is 0 Å². The molecule has 20 heavy (non-hydrogen) atoms. The van der Waals surface area contributed by atoms with Crippen molar-refractivity contribution in [2.45, 2.75) is 52.5 Å². The lowest BCUT2D eigenvalue weighted by Gasteiger charge is -2.30. The van der Waals surface area contributed by atoms with Crippen LogP contribution in [-0.2, 0) is 9.59 Å². The van der Waals surface area contributed by atoms with Crippen LogP contribution in [0.25, 0.3) is 0 Å². The molecule has 0 saturated heterocycles. The van der Waals surface area contributed by atoms with Gasteiger partial charge in [0.2, 0.25) is 5.91 Å². The minimum absolute atomic E-state index is 0.0204. The number of carboxylic acids is 1. The van der Waals surface area contributed by atoms with Gasteiger partial charge >= 0.3 is 5.97 Å². The smallest absolute Gasteiger partial charge is 0.326 e.